The summed E-state index contributed by atoms with van der Waals surface area (Å²) in [4.78, 5) is 11.9. The molecule has 0 spiro atoms. The van der Waals surface area contributed by atoms with E-state index in [4.69, 9.17) is 9.47 Å². The van der Waals surface area contributed by atoms with Crippen molar-refractivity contribution in [2.24, 2.45) is 23.2 Å². The molecule has 106 valence electrons. The summed E-state index contributed by atoms with van der Waals surface area (Å²) in [5, 5.41) is 0. The Labute approximate surface area is 115 Å². The van der Waals surface area contributed by atoms with Gasteiger partial charge in [-0.3, -0.25) is 4.79 Å². The molecule has 0 bridgehead atoms. The number of hydrogen-bond acceptors (Lipinski definition) is 3. The fourth-order valence-corrected chi connectivity index (χ4v) is 4.85. The van der Waals surface area contributed by atoms with Crippen molar-refractivity contribution < 1.29 is 14.3 Å². The maximum atomic E-state index is 11.9. The van der Waals surface area contributed by atoms with Crippen molar-refractivity contribution in [1.82, 2.24) is 0 Å². The summed E-state index contributed by atoms with van der Waals surface area (Å²) < 4.78 is 11.9. The molecule has 0 aromatic rings. The first-order chi connectivity index (χ1) is 8.94. The molecule has 0 aromatic carbocycles. The largest absolute Gasteiger partial charge is 0.353 e. The van der Waals surface area contributed by atoms with Gasteiger partial charge in [-0.1, -0.05) is 26.3 Å². The molecule has 3 aliphatic rings. The van der Waals surface area contributed by atoms with E-state index < -0.39 is 5.79 Å². The molecular weight excluding hydrogens is 240 g/mol. The maximum absolute atomic E-state index is 11.9. The molecule has 0 amide bonds. The monoisotopic (exact) mass is 264 g/mol. The van der Waals surface area contributed by atoms with E-state index in [2.05, 4.69) is 20.8 Å². The molecular formula is C16H24O3. The van der Waals surface area contributed by atoms with Crippen LogP contribution in [0, 0.1) is 23.2 Å². The molecule has 2 fully saturated rings. The minimum absolute atomic E-state index is 0.0398. The third-order valence-corrected chi connectivity index (χ3v) is 5.93. The van der Waals surface area contributed by atoms with Gasteiger partial charge in [-0.25, -0.2) is 0 Å². The Balaban J connectivity index is 2.11. The quantitative estimate of drug-likeness (QED) is 0.730. The van der Waals surface area contributed by atoms with Gasteiger partial charge in [-0.2, -0.15) is 0 Å². The lowest BCUT2D eigenvalue weighted by Gasteiger charge is -2.55. The standard InChI is InChI=1S/C16H24O3/c1-10-9-19-16(18-4)6-5-12-8-13(17)7-11(2)15(12,3)14(10)16/h8,10-11,14H,5-7,9H2,1-4H3/t10-,11+,14-,15-,16+/m1/s1. The SMILES string of the molecule is CO[C@]12CCC3=CC(=O)C[C@H](C)[C@@]3(C)[C@H]1[C@H](C)CO2. The number of methoxy groups -OCH3 is 1. The molecule has 19 heavy (non-hydrogen) atoms. The van der Waals surface area contributed by atoms with Crippen LogP contribution in [0.5, 0.6) is 0 Å². The molecule has 0 radical (unpaired) electrons. The van der Waals surface area contributed by atoms with Gasteiger partial charge in [0, 0.05) is 31.3 Å². The zero-order valence-corrected chi connectivity index (χ0v) is 12.4. The summed E-state index contributed by atoms with van der Waals surface area (Å²) in [6, 6.07) is 0. The van der Waals surface area contributed by atoms with Crippen LogP contribution in [0.25, 0.3) is 0 Å². The van der Waals surface area contributed by atoms with Gasteiger partial charge in [0.05, 0.1) is 6.61 Å². The van der Waals surface area contributed by atoms with E-state index in [1.54, 1.807) is 7.11 Å². The third kappa shape index (κ3) is 1.61. The van der Waals surface area contributed by atoms with E-state index >= 15 is 0 Å². The van der Waals surface area contributed by atoms with Gasteiger partial charge in [0.2, 0.25) is 0 Å². The Hall–Kier alpha value is -0.670. The number of fused-ring (bicyclic) bond motifs is 3. The first-order valence-electron chi connectivity index (χ1n) is 7.37. The predicted molar refractivity (Wildman–Crippen MR) is 72.6 cm³/mol. The number of carbonyl (C=O) groups is 1. The second kappa shape index (κ2) is 4.16. The number of hydrogen-bond donors (Lipinski definition) is 0. The van der Waals surface area contributed by atoms with E-state index in [0.29, 0.717) is 24.2 Å². The van der Waals surface area contributed by atoms with Crippen molar-refractivity contribution in [3.63, 3.8) is 0 Å². The van der Waals surface area contributed by atoms with Crippen molar-refractivity contribution in [2.75, 3.05) is 13.7 Å². The Bertz CT molecular complexity index is 441. The van der Waals surface area contributed by atoms with Gasteiger partial charge in [-0.05, 0) is 24.3 Å². The van der Waals surface area contributed by atoms with E-state index in [-0.39, 0.29) is 11.2 Å². The lowest BCUT2D eigenvalue weighted by Crippen LogP contribution is -2.55. The van der Waals surface area contributed by atoms with Crippen LogP contribution in [0.1, 0.15) is 40.0 Å². The average Bonchev–Trinajstić information content (AvgIpc) is 2.71. The molecule has 1 saturated carbocycles. The fourth-order valence-electron chi connectivity index (χ4n) is 4.85. The minimum Gasteiger partial charge on any atom is -0.353 e. The zero-order chi connectivity index (χ0) is 13.8. The normalized spacial score (nSPS) is 49.6. The van der Waals surface area contributed by atoms with Crippen LogP contribution >= 0.6 is 0 Å². The zero-order valence-electron chi connectivity index (χ0n) is 12.4. The van der Waals surface area contributed by atoms with Crippen molar-refractivity contribution in [3.8, 4) is 0 Å². The molecule has 3 nitrogen and oxygen atoms in total. The highest BCUT2D eigenvalue weighted by Crippen LogP contribution is 2.62. The van der Waals surface area contributed by atoms with Crippen LogP contribution in [-0.4, -0.2) is 25.3 Å². The van der Waals surface area contributed by atoms with E-state index in [1.807, 2.05) is 6.08 Å². The number of rotatable bonds is 1. The Morgan fingerprint density at radius 1 is 1.42 bits per heavy atom. The molecule has 0 N–H and O–H groups in total. The lowest BCUT2D eigenvalue weighted by atomic mass is 9.52. The fraction of sp³-hybridized carbons (Fsp3) is 0.812. The number of ketones is 1. The topological polar surface area (TPSA) is 35.5 Å². The molecule has 5 atom stereocenters. The highest BCUT2D eigenvalue weighted by Gasteiger charge is 2.62. The van der Waals surface area contributed by atoms with Crippen LogP contribution in [-0.2, 0) is 14.3 Å². The number of carbonyl (C=O) groups excluding carboxylic acids is 1. The highest BCUT2D eigenvalue weighted by atomic mass is 16.7. The van der Waals surface area contributed by atoms with E-state index in [0.717, 1.165) is 19.4 Å². The second-order valence-electron chi connectivity index (χ2n) is 6.81. The van der Waals surface area contributed by atoms with Crippen LogP contribution in [0.4, 0.5) is 0 Å². The van der Waals surface area contributed by atoms with Gasteiger partial charge in [0.25, 0.3) is 0 Å². The van der Waals surface area contributed by atoms with Gasteiger partial charge < -0.3 is 9.47 Å². The summed E-state index contributed by atoms with van der Waals surface area (Å²) in [6.07, 6.45) is 4.36. The van der Waals surface area contributed by atoms with E-state index in [9.17, 15) is 4.79 Å². The molecule has 0 aromatic heterocycles. The van der Waals surface area contributed by atoms with Crippen molar-refractivity contribution in [2.45, 2.75) is 45.8 Å². The molecule has 3 heteroatoms. The van der Waals surface area contributed by atoms with Crippen molar-refractivity contribution >= 4 is 5.78 Å². The molecule has 2 aliphatic carbocycles. The Morgan fingerprint density at radius 3 is 2.84 bits per heavy atom. The summed E-state index contributed by atoms with van der Waals surface area (Å²) >= 11 is 0. The average molecular weight is 264 g/mol. The lowest BCUT2D eigenvalue weighted by molar-refractivity contribution is -0.248. The van der Waals surface area contributed by atoms with Crippen LogP contribution < -0.4 is 0 Å². The van der Waals surface area contributed by atoms with Crippen molar-refractivity contribution in [1.29, 1.82) is 0 Å². The minimum atomic E-state index is -0.430. The van der Waals surface area contributed by atoms with Gasteiger partial charge >= 0.3 is 0 Å². The molecule has 1 saturated heterocycles. The van der Waals surface area contributed by atoms with Gasteiger partial charge in [-0.15, -0.1) is 0 Å². The summed E-state index contributed by atoms with van der Waals surface area (Å²) in [7, 11) is 1.77. The molecule has 3 rings (SSSR count). The van der Waals surface area contributed by atoms with Crippen LogP contribution in [0.2, 0.25) is 0 Å². The van der Waals surface area contributed by atoms with Gasteiger partial charge in [0.15, 0.2) is 11.6 Å². The second-order valence-corrected chi connectivity index (χ2v) is 6.81. The number of allylic oxidation sites excluding steroid dienone is 2. The summed E-state index contributed by atoms with van der Waals surface area (Å²) in [6.45, 7) is 7.55. The molecule has 1 aliphatic heterocycles. The first kappa shape index (κ1) is 13.3. The van der Waals surface area contributed by atoms with E-state index in [1.165, 1.54) is 5.57 Å². The predicted octanol–water partition coefficient (Wildman–Crippen LogP) is 2.95. The van der Waals surface area contributed by atoms with Crippen molar-refractivity contribution in [3.05, 3.63) is 11.6 Å². The number of ether oxygens (including phenoxy) is 2. The first-order valence-corrected chi connectivity index (χ1v) is 7.37. The van der Waals surface area contributed by atoms with Crippen LogP contribution in [0.3, 0.4) is 0 Å². The molecule has 0 unspecified atom stereocenters. The highest BCUT2D eigenvalue weighted by molar-refractivity contribution is 5.92. The Morgan fingerprint density at radius 2 is 2.16 bits per heavy atom. The molecule has 1 heterocycles. The Kier molecular flexibility index (Phi) is 2.92. The summed E-state index contributed by atoms with van der Waals surface area (Å²) in [5.74, 6) is 1.05. The summed E-state index contributed by atoms with van der Waals surface area (Å²) in [5.41, 5.74) is 1.37. The third-order valence-electron chi connectivity index (χ3n) is 5.93. The smallest absolute Gasteiger partial charge is 0.172 e. The maximum Gasteiger partial charge on any atom is 0.172 e. The van der Waals surface area contributed by atoms with Crippen LogP contribution in [0.15, 0.2) is 11.6 Å². The van der Waals surface area contributed by atoms with Gasteiger partial charge in [0.1, 0.15) is 0 Å².